The van der Waals surface area contributed by atoms with Crippen LogP contribution in [0.15, 0.2) is 17.6 Å². The molecule has 5 heteroatoms. The second-order valence-corrected chi connectivity index (χ2v) is 12.2. The number of rotatable bonds is 3. The lowest BCUT2D eigenvalue weighted by Gasteiger charge is -2.61. The molecule has 5 rings (SSSR count). The zero-order valence-electron chi connectivity index (χ0n) is 18.3. The van der Waals surface area contributed by atoms with Gasteiger partial charge >= 0.3 is 0 Å². The zero-order chi connectivity index (χ0) is 20.4. The third-order valence-corrected chi connectivity index (χ3v) is 11.5. The largest absolute Gasteiger partial charge is 0.393 e. The summed E-state index contributed by atoms with van der Waals surface area (Å²) >= 11 is 1.73. The fourth-order valence-electron chi connectivity index (χ4n) is 8.26. The maximum absolute atomic E-state index is 11.9. The highest BCUT2D eigenvalue weighted by atomic mass is 32.2. The summed E-state index contributed by atoms with van der Waals surface area (Å²) in [5.41, 5.74) is -0.143. The molecule has 1 aromatic rings. The lowest BCUT2D eigenvalue weighted by atomic mass is 9.44. The monoisotopic (exact) mass is 418 g/mol. The lowest BCUT2D eigenvalue weighted by molar-refractivity contribution is -0.152. The van der Waals surface area contributed by atoms with Gasteiger partial charge in [0, 0.05) is 30.6 Å². The molecule has 0 aliphatic heterocycles. The van der Waals surface area contributed by atoms with E-state index in [4.69, 9.17) is 0 Å². The first-order chi connectivity index (χ1) is 13.8. The van der Waals surface area contributed by atoms with Gasteiger partial charge in [-0.1, -0.05) is 25.6 Å². The van der Waals surface area contributed by atoms with Crippen molar-refractivity contribution in [1.82, 2.24) is 9.55 Å². The van der Waals surface area contributed by atoms with Crippen molar-refractivity contribution in [3.63, 3.8) is 0 Å². The molecule has 1 aromatic heterocycles. The van der Waals surface area contributed by atoms with Crippen LogP contribution in [-0.2, 0) is 7.05 Å². The Morgan fingerprint density at radius 1 is 1.10 bits per heavy atom. The van der Waals surface area contributed by atoms with E-state index in [9.17, 15) is 10.2 Å². The molecule has 4 fully saturated rings. The summed E-state index contributed by atoms with van der Waals surface area (Å²) in [7, 11) is 2.03. The Morgan fingerprint density at radius 3 is 2.66 bits per heavy atom. The van der Waals surface area contributed by atoms with Crippen LogP contribution in [0, 0.1) is 34.5 Å². The van der Waals surface area contributed by atoms with Crippen molar-refractivity contribution < 1.29 is 10.2 Å². The number of imidazole rings is 1. The fourth-order valence-corrected chi connectivity index (χ4v) is 9.50. The topological polar surface area (TPSA) is 58.3 Å². The average molecular weight is 419 g/mol. The van der Waals surface area contributed by atoms with E-state index in [0.717, 1.165) is 48.4 Å². The average Bonchev–Trinajstić information content (AvgIpc) is 3.22. The number of hydrogen-bond acceptors (Lipinski definition) is 4. The van der Waals surface area contributed by atoms with Crippen LogP contribution in [0.5, 0.6) is 0 Å². The van der Waals surface area contributed by atoms with Gasteiger partial charge in [0.05, 0.1) is 11.7 Å². The van der Waals surface area contributed by atoms with Gasteiger partial charge in [-0.25, -0.2) is 4.98 Å². The van der Waals surface area contributed by atoms with Gasteiger partial charge in [0.15, 0.2) is 5.16 Å². The molecule has 0 saturated heterocycles. The van der Waals surface area contributed by atoms with E-state index in [-0.39, 0.29) is 11.5 Å². The summed E-state index contributed by atoms with van der Waals surface area (Å²) in [6, 6.07) is 0. The number of aryl methyl sites for hydroxylation is 1. The second-order valence-electron chi connectivity index (χ2n) is 11.2. The Labute approximate surface area is 179 Å². The Balaban J connectivity index is 1.36. The first-order valence-corrected chi connectivity index (χ1v) is 12.8. The van der Waals surface area contributed by atoms with E-state index in [2.05, 4.69) is 23.4 Å². The van der Waals surface area contributed by atoms with Gasteiger partial charge in [0.25, 0.3) is 0 Å². The van der Waals surface area contributed by atoms with Crippen molar-refractivity contribution in [1.29, 1.82) is 0 Å². The minimum Gasteiger partial charge on any atom is -0.393 e. The van der Waals surface area contributed by atoms with Gasteiger partial charge in [-0.05, 0) is 86.9 Å². The van der Waals surface area contributed by atoms with Crippen LogP contribution >= 0.6 is 11.8 Å². The van der Waals surface area contributed by atoms with Crippen LogP contribution in [0.1, 0.15) is 71.6 Å². The molecular formula is C24H38N2O2S. The molecule has 4 nitrogen and oxygen atoms in total. The third kappa shape index (κ3) is 2.97. The van der Waals surface area contributed by atoms with Gasteiger partial charge < -0.3 is 14.8 Å². The normalized spacial score (nSPS) is 49.3. The summed E-state index contributed by atoms with van der Waals surface area (Å²) in [4.78, 5) is 4.45. The highest BCUT2D eigenvalue weighted by Crippen LogP contribution is 2.68. The first-order valence-electron chi connectivity index (χ1n) is 11.8. The molecule has 162 valence electrons. The number of thioether (sulfide) groups is 1. The van der Waals surface area contributed by atoms with E-state index in [1.165, 1.54) is 32.1 Å². The van der Waals surface area contributed by atoms with Crippen molar-refractivity contribution in [2.45, 2.75) is 88.5 Å². The lowest BCUT2D eigenvalue weighted by Crippen LogP contribution is -2.57. The van der Waals surface area contributed by atoms with Crippen LogP contribution in [0.25, 0.3) is 0 Å². The number of aliphatic hydroxyl groups is 2. The molecule has 4 saturated carbocycles. The SMILES string of the molecule is Cn1ccnc1SC[C@]1(O)CCC2C3CCC4CC(O)CC[C@]4(C)C3CC[C@@]21C. The van der Waals surface area contributed by atoms with E-state index in [0.29, 0.717) is 17.3 Å². The van der Waals surface area contributed by atoms with E-state index < -0.39 is 5.60 Å². The molecule has 2 N–H and O–H groups in total. The molecule has 4 aliphatic rings. The molecular weight excluding hydrogens is 380 g/mol. The van der Waals surface area contributed by atoms with Crippen LogP contribution in [-0.4, -0.2) is 37.2 Å². The summed E-state index contributed by atoms with van der Waals surface area (Å²) in [6.07, 6.45) is 14.1. The van der Waals surface area contributed by atoms with Gasteiger partial charge in [-0.15, -0.1) is 0 Å². The summed E-state index contributed by atoms with van der Waals surface area (Å²) in [5.74, 6) is 3.66. The maximum Gasteiger partial charge on any atom is 0.167 e. The first kappa shape index (κ1) is 20.4. The number of nitrogens with zero attached hydrogens (tertiary/aromatic N) is 2. The zero-order valence-corrected chi connectivity index (χ0v) is 19.1. The van der Waals surface area contributed by atoms with Crippen molar-refractivity contribution in [3.8, 4) is 0 Å². The number of aliphatic hydroxyl groups excluding tert-OH is 1. The van der Waals surface area contributed by atoms with E-state index >= 15 is 0 Å². The third-order valence-electron chi connectivity index (χ3n) is 10.2. The number of aromatic nitrogens is 2. The molecule has 0 radical (unpaired) electrons. The van der Waals surface area contributed by atoms with Gasteiger partial charge in [0.2, 0.25) is 0 Å². The minimum absolute atomic E-state index is 0.0315. The van der Waals surface area contributed by atoms with Gasteiger partial charge in [-0.2, -0.15) is 0 Å². The molecule has 1 heterocycles. The van der Waals surface area contributed by atoms with Crippen molar-refractivity contribution >= 4 is 11.8 Å². The molecule has 4 aliphatic carbocycles. The summed E-state index contributed by atoms with van der Waals surface area (Å²) in [5, 5.41) is 23.1. The van der Waals surface area contributed by atoms with Gasteiger partial charge in [0.1, 0.15) is 0 Å². The highest BCUT2D eigenvalue weighted by Gasteiger charge is 2.64. The molecule has 0 amide bonds. The van der Waals surface area contributed by atoms with E-state index in [1.54, 1.807) is 11.8 Å². The van der Waals surface area contributed by atoms with Crippen LogP contribution in [0.2, 0.25) is 0 Å². The Kier molecular flexibility index (Phi) is 4.92. The quantitative estimate of drug-likeness (QED) is 0.702. The Morgan fingerprint density at radius 2 is 1.90 bits per heavy atom. The van der Waals surface area contributed by atoms with E-state index in [1.807, 2.05) is 19.4 Å². The van der Waals surface area contributed by atoms with Crippen LogP contribution in [0.3, 0.4) is 0 Å². The smallest absolute Gasteiger partial charge is 0.167 e. The standard InChI is InChI=1S/C24H38N2O2S/c1-22-9-6-17(27)14-16(22)4-5-18-19(22)7-10-23(2)20(18)8-11-24(23,28)15-29-21-25-12-13-26(21)3/h12-13,16-20,27-28H,4-11,14-15H2,1-3H3/t16?,17?,18?,19?,20?,22-,23-,24+/m0/s1. The maximum atomic E-state index is 11.9. The number of fused-ring (bicyclic) bond motifs is 5. The minimum atomic E-state index is -0.584. The van der Waals surface area contributed by atoms with Crippen molar-refractivity contribution in [3.05, 3.63) is 12.4 Å². The van der Waals surface area contributed by atoms with Crippen LogP contribution in [0.4, 0.5) is 0 Å². The Bertz CT molecular complexity index is 768. The fraction of sp³-hybridized carbons (Fsp3) is 0.875. The van der Waals surface area contributed by atoms with Crippen LogP contribution < -0.4 is 0 Å². The molecule has 0 spiro atoms. The molecule has 0 aromatic carbocycles. The highest BCUT2D eigenvalue weighted by molar-refractivity contribution is 7.99. The second kappa shape index (κ2) is 7.00. The molecule has 29 heavy (non-hydrogen) atoms. The summed E-state index contributed by atoms with van der Waals surface area (Å²) in [6.45, 7) is 4.94. The number of hydrogen-bond donors (Lipinski definition) is 2. The predicted octanol–water partition coefficient (Wildman–Crippen LogP) is 4.65. The van der Waals surface area contributed by atoms with Gasteiger partial charge in [-0.3, -0.25) is 0 Å². The summed E-state index contributed by atoms with van der Waals surface area (Å²) < 4.78 is 2.05. The molecule has 5 unspecified atom stereocenters. The Hall–Kier alpha value is -0.520. The van der Waals surface area contributed by atoms with Crippen molar-refractivity contribution in [2.75, 3.05) is 5.75 Å². The molecule has 0 bridgehead atoms. The predicted molar refractivity (Wildman–Crippen MR) is 117 cm³/mol. The van der Waals surface area contributed by atoms with Crippen molar-refractivity contribution in [2.24, 2.45) is 41.5 Å². The molecule has 8 atom stereocenters.